The molecule has 0 bridgehead atoms. The Labute approximate surface area is 45.7 Å². The van der Waals surface area contributed by atoms with E-state index >= 15 is 0 Å². The molecule has 0 heterocycles. The molecule has 0 radical (unpaired) electrons. The number of hydrogen-bond acceptors (Lipinski definition) is 3. The lowest BCUT2D eigenvalue weighted by Crippen LogP contribution is -1.91. The maximum Gasteiger partial charge on any atom is 0.307 e. The fraction of sp³-hybridized carbons (Fsp3) is 0.250. The van der Waals surface area contributed by atoms with Gasteiger partial charge < -0.3 is 15.3 Å². The molecule has 0 aromatic carbocycles. The molecule has 0 aromatic heterocycles. The lowest BCUT2D eigenvalue weighted by Gasteiger charge is -1.83. The molecular formula is C4H6O4. The number of carboxylic acids is 1. The third kappa shape index (κ3) is 4.81. The first-order valence-electron chi connectivity index (χ1n) is 1.93. The van der Waals surface area contributed by atoms with E-state index in [0.29, 0.717) is 0 Å². The largest absolute Gasteiger partial charge is 0.481 e. The number of rotatable bonds is 2. The Morgan fingerprint density at radius 2 is 1.88 bits per heavy atom. The van der Waals surface area contributed by atoms with E-state index in [9.17, 15) is 4.79 Å². The molecule has 0 aromatic rings. The Kier molecular flexibility index (Phi) is 2.47. The van der Waals surface area contributed by atoms with Crippen LogP contribution in [0.3, 0.4) is 0 Å². The third-order valence-electron chi connectivity index (χ3n) is 0.459. The van der Waals surface area contributed by atoms with E-state index in [4.69, 9.17) is 15.3 Å². The van der Waals surface area contributed by atoms with Crippen LogP contribution in [0.4, 0.5) is 0 Å². The Morgan fingerprint density at radius 3 is 2.00 bits per heavy atom. The van der Waals surface area contributed by atoms with E-state index in [1.807, 2.05) is 0 Å². The smallest absolute Gasteiger partial charge is 0.307 e. The van der Waals surface area contributed by atoms with Crippen molar-refractivity contribution in [3.05, 3.63) is 12.0 Å². The number of carbonyl (C=O) groups is 1. The zero-order valence-electron chi connectivity index (χ0n) is 4.03. The predicted octanol–water partition coefficient (Wildman–Crippen LogP) is 0.418. The van der Waals surface area contributed by atoms with Gasteiger partial charge in [-0.2, -0.15) is 0 Å². The van der Waals surface area contributed by atoms with Crippen molar-refractivity contribution in [1.82, 2.24) is 0 Å². The normalized spacial score (nSPS) is 8.00. The van der Waals surface area contributed by atoms with E-state index < -0.39 is 11.9 Å². The summed E-state index contributed by atoms with van der Waals surface area (Å²) >= 11 is 0. The first-order chi connectivity index (χ1) is 3.63. The van der Waals surface area contributed by atoms with Gasteiger partial charge in [-0.1, -0.05) is 0 Å². The SMILES string of the molecule is O=C(O)CC=C(O)O. The van der Waals surface area contributed by atoms with Gasteiger partial charge in [-0.05, 0) is 0 Å². The van der Waals surface area contributed by atoms with Gasteiger partial charge in [0, 0.05) is 6.08 Å². The van der Waals surface area contributed by atoms with Crippen molar-refractivity contribution < 1.29 is 20.1 Å². The van der Waals surface area contributed by atoms with Crippen molar-refractivity contribution in [2.45, 2.75) is 6.42 Å². The highest BCUT2D eigenvalue weighted by molar-refractivity contribution is 5.68. The average molecular weight is 118 g/mol. The van der Waals surface area contributed by atoms with Crippen molar-refractivity contribution >= 4 is 5.97 Å². The molecule has 0 saturated heterocycles. The highest BCUT2D eigenvalue weighted by Crippen LogP contribution is 1.85. The van der Waals surface area contributed by atoms with Gasteiger partial charge in [0.15, 0.2) is 0 Å². The van der Waals surface area contributed by atoms with Crippen LogP contribution in [0, 0.1) is 0 Å². The van der Waals surface area contributed by atoms with Crippen LogP contribution >= 0.6 is 0 Å². The van der Waals surface area contributed by atoms with Crippen molar-refractivity contribution in [2.75, 3.05) is 0 Å². The molecule has 4 heteroatoms. The molecule has 0 atom stereocenters. The van der Waals surface area contributed by atoms with Crippen molar-refractivity contribution in [3.8, 4) is 0 Å². The molecule has 0 saturated carbocycles. The van der Waals surface area contributed by atoms with Crippen LogP contribution in [0.1, 0.15) is 6.42 Å². The molecule has 0 spiro atoms. The second-order valence-corrected chi connectivity index (χ2v) is 1.16. The number of aliphatic hydroxyl groups is 2. The minimum atomic E-state index is -1.09. The van der Waals surface area contributed by atoms with Crippen LogP contribution in [0.2, 0.25) is 0 Å². The maximum absolute atomic E-state index is 9.64. The minimum Gasteiger partial charge on any atom is -0.481 e. The van der Waals surface area contributed by atoms with Gasteiger partial charge >= 0.3 is 5.97 Å². The summed E-state index contributed by atoms with van der Waals surface area (Å²) in [5, 5.41) is 23.8. The number of hydrogen-bond donors (Lipinski definition) is 3. The number of carboxylic acid groups (broad SMARTS) is 1. The first kappa shape index (κ1) is 6.81. The molecule has 0 amide bonds. The summed E-state index contributed by atoms with van der Waals surface area (Å²) in [6.45, 7) is 0. The minimum absolute atomic E-state index is 0.359. The monoisotopic (exact) mass is 118 g/mol. The maximum atomic E-state index is 9.64. The zero-order chi connectivity index (χ0) is 6.57. The highest BCUT2D eigenvalue weighted by Gasteiger charge is 1.91. The molecular weight excluding hydrogens is 112 g/mol. The molecule has 0 fully saturated rings. The van der Waals surface area contributed by atoms with E-state index in [2.05, 4.69) is 0 Å². The molecule has 46 valence electrons. The van der Waals surface area contributed by atoms with E-state index in [0.717, 1.165) is 6.08 Å². The Morgan fingerprint density at radius 1 is 1.38 bits per heavy atom. The summed E-state index contributed by atoms with van der Waals surface area (Å²) < 4.78 is 0. The molecule has 0 unspecified atom stereocenters. The number of aliphatic carboxylic acids is 1. The van der Waals surface area contributed by atoms with Crippen LogP contribution in [0.25, 0.3) is 0 Å². The van der Waals surface area contributed by atoms with Crippen molar-refractivity contribution in [3.63, 3.8) is 0 Å². The van der Waals surface area contributed by atoms with Crippen LogP contribution < -0.4 is 0 Å². The summed E-state index contributed by atoms with van der Waals surface area (Å²) in [5.41, 5.74) is 0. The molecule has 0 aliphatic carbocycles. The van der Waals surface area contributed by atoms with Crippen molar-refractivity contribution in [1.29, 1.82) is 0 Å². The second-order valence-electron chi connectivity index (χ2n) is 1.16. The fourth-order valence-corrected chi connectivity index (χ4v) is 0.179. The van der Waals surface area contributed by atoms with Gasteiger partial charge in [0.1, 0.15) is 0 Å². The summed E-state index contributed by atoms with van der Waals surface area (Å²) in [6, 6.07) is 0. The van der Waals surface area contributed by atoms with E-state index in [1.54, 1.807) is 0 Å². The predicted molar refractivity (Wildman–Crippen MR) is 25.6 cm³/mol. The molecule has 4 nitrogen and oxygen atoms in total. The lowest BCUT2D eigenvalue weighted by molar-refractivity contribution is -0.136. The van der Waals surface area contributed by atoms with Gasteiger partial charge in [0.25, 0.3) is 5.95 Å². The summed E-state index contributed by atoms with van der Waals surface area (Å²) in [5.74, 6) is -2.04. The second kappa shape index (κ2) is 2.90. The van der Waals surface area contributed by atoms with Gasteiger partial charge in [-0.3, -0.25) is 4.79 Å². The summed E-state index contributed by atoms with van der Waals surface area (Å²) in [6.07, 6.45) is 0.435. The standard InChI is InChI=1S/C4H6O4/c5-3(6)1-2-4(7)8/h1,5-6H,2H2,(H,7,8). The fourth-order valence-electron chi connectivity index (χ4n) is 0.179. The van der Waals surface area contributed by atoms with Crippen LogP contribution in [-0.4, -0.2) is 21.3 Å². The Bertz CT molecular complexity index is 111. The molecule has 0 aliphatic heterocycles. The first-order valence-corrected chi connectivity index (χ1v) is 1.93. The summed E-state index contributed by atoms with van der Waals surface area (Å²) in [7, 11) is 0. The highest BCUT2D eigenvalue weighted by atomic mass is 16.5. The Hall–Kier alpha value is -1.19. The van der Waals surface area contributed by atoms with Crippen LogP contribution in [0.5, 0.6) is 0 Å². The van der Waals surface area contributed by atoms with Gasteiger partial charge in [-0.25, -0.2) is 0 Å². The molecule has 3 N–H and O–H groups in total. The van der Waals surface area contributed by atoms with E-state index in [1.165, 1.54) is 0 Å². The molecule has 0 rings (SSSR count). The van der Waals surface area contributed by atoms with Gasteiger partial charge in [0.2, 0.25) is 0 Å². The zero-order valence-corrected chi connectivity index (χ0v) is 4.03. The van der Waals surface area contributed by atoms with Crippen LogP contribution in [0.15, 0.2) is 12.0 Å². The third-order valence-corrected chi connectivity index (χ3v) is 0.459. The average Bonchev–Trinajstić information content (AvgIpc) is 1.61. The molecule has 8 heavy (non-hydrogen) atoms. The quantitative estimate of drug-likeness (QED) is 0.459. The number of aliphatic hydroxyl groups excluding tert-OH is 1. The molecule has 0 aliphatic rings. The van der Waals surface area contributed by atoms with Gasteiger partial charge in [-0.15, -0.1) is 0 Å². The van der Waals surface area contributed by atoms with Crippen LogP contribution in [-0.2, 0) is 4.79 Å². The Balaban J connectivity index is 3.45. The lowest BCUT2D eigenvalue weighted by atomic mass is 10.4. The van der Waals surface area contributed by atoms with Gasteiger partial charge in [0.05, 0.1) is 6.42 Å². The van der Waals surface area contributed by atoms with E-state index in [-0.39, 0.29) is 6.42 Å². The van der Waals surface area contributed by atoms with Crippen molar-refractivity contribution in [2.24, 2.45) is 0 Å². The summed E-state index contributed by atoms with van der Waals surface area (Å²) in [4.78, 5) is 9.64. The topological polar surface area (TPSA) is 77.8 Å².